The number of nitrogens with zero attached hydrogens (tertiary/aromatic N) is 1. The predicted octanol–water partition coefficient (Wildman–Crippen LogP) is 0.274. The molecule has 3 aliphatic rings. The number of hydrogen-bond donors (Lipinski definition) is 5. The Morgan fingerprint density at radius 2 is 2.08 bits per heavy atom. The third-order valence-electron chi connectivity index (χ3n) is 8.20. The number of hydrogen-bond acceptors (Lipinski definition) is 6. The maximum Gasteiger partial charge on any atom is 0.271 e. The average molecular weight is 512 g/mol. The second-order valence-corrected chi connectivity index (χ2v) is 10.3. The summed E-state index contributed by atoms with van der Waals surface area (Å²) >= 11 is 0. The van der Waals surface area contributed by atoms with Gasteiger partial charge in [-0.3, -0.25) is 19.2 Å². The number of aromatic nitrogens is 1. The topological polar surface area (TPSA) is 167 Å². The van der Waals surface area contributed by atoms with Gasteiger partial charge in [-0.1, -0.05) is 12.5 Å². The number of aromatic amines is 1. The number of rotatable bonds is 8. The van der Waals surface area contributed by atoms with Crippen LogP contribution in [0.3, 0.4) is 0 Å². The van der Waals surface area contributed by atoms with E-state index in [2.05, 4.69) is 15.6 Å². The van der Waals surface area contributed by atoms with Gasteiger partial charge in [0.1, 0.15) is 17.5 Å². The van der Waals surface area contributed by atoms with Crippen molar-refractivity contribution in [1.82, 2.24) is 20.5 Å². The van der Waals surface area contributed by atoms with Crippen LogP contribution in [0.2, 0.25) is 0 Å². The molecular formula is C26H33N5O6. The first kappa shape index (κ1) is 25.1. The number of ether oxygens (including phenoxy) is 1. The molecule has 2 aromatic rings. The van der Waals surface area contributed by atoms with Crippen LogP contribution in [-0.4, -0.2) is 77.0 Å². The lowest BCUT2D eigenvalue weighted by molar-refractivity contribution is -0.133. The van der Waals surface area contributed by atoms with Gasteiger partial charge in [0, 0.05) is 29.9 Å². The molecule has 4 amide bonds. The van der Waals surface area contributed by atoms with Gasteiger partial charge in [-0.15, -0.1) is 0 Å². The summed E-state index contributed by atoms with van der Waals surface area (Å²) in [6.07, 6.45) is 1.68. The molecule has 6 N–H and O–H groups in total. The van der Waals surface area contributed by atoms with E-state index < -0.39 is 35.9 Å². The molecule has 5 rings (SSSR count). The van der Waals surface area contributed by atoms with E-state index in [-0.39, 0.29) is 30.1 Å². The van der Waals surface area contributed by atoms with Gasteiger partial charge in [-0.25, -0.2) is 0 Å². The summed E-state index contributed by atoms with van der Waals surface area (Å²) in [5, 5.41) is 16.8. The molecule has 1 aliphatic carbocycles. The summed E-state index contributed by atoms with van der Waals surface area (Å²) < 4.78 is 5.41. The Morgan fingerprint density at radius 1 is 1.27 bits per heavy atom. The lowest BCUT2D eigenvalue weighted by Crippen LogP contribution is -2.56. The molecule has 0 radical (unpaired) electrons. The smallest absolute Gasteiger partial charge is 0.271 e. The van der Waals surface area contributed by atoms with Crippen LogP contribution in [0.5, 0.6) is 5.75 Å². The molecule has 3 heterocycles. The third-order valence-corrected chi connectivity index (χ3v) is 8.20. The normalized spacial score (nSPS) is 26.5. The molecule has 11 nitrogen and oxygen atoms in total. The van der Waals surface area contributed by atoms with E-state index in [9.17, 15) is 24.3 Å². The second-order valence-electron chi connectivity index (χ2n) is 10.3. The first-order valence-corrected chi connectivity index (χ1v) is 12.8. The fraction of sp³-hybridized carbons (Fsp3) is 0.538. The Balaban J connectivity index is 1.40. The summed E-state index contributed by atoms with van der Waals surface area (Å²) in [7, 11) is 1.57. The van der Waals surface area contributed by atoms with Gasteiger partial charge in [0.05, 0.1) is 13.2 Å². The van der Waals surface area contributed by atoms with Crippen molar-refractivity contribution >= 4 is 34.5 Å². The van der Waals surface area contributed by atoms with Crippen LogP contribution < -0.4 is 21.1 Å². The molecule has 0 spiro atoms. The van der Waals surface area contributed by atoms with Crippen LogP contribution in [0.4, 0.5) is 0 Å². The molecule has 2 saturated heterocycles. The molecule has 37 heavy (non-hydrogen) atoms. The van der Waals surface area contributed by atoms with Gasteiger partial charge in [-0.05, 0) is 55.7 Å². The minimum absolute atomic E-state index is 0.0241. The molecule has 198 valence electrons. The Kier molecular flexibility index (Phi) is 6.80. The fourth-order valence-electron chi connectivity index (χ4n) is 6.34. The Morgan fingerprint density at radius 3 is 2.78 bits per heavy atom. The van der Waals surface area contributed by atoms with Gasteiger partial charge in [0.15, 0.2) is 6.10 Å². The Hall–Kier alpha value is -3.60. The maximum absolute atomic E-state index is 13.7. The standard InChI is InChI=1S/C26H33N5O6/c1-37-20-7-3-6-17-16(20)11-19(29-17)26(36)31-12-14-4-2-5-15(14)21(31)25(35)30-18(22(32)23(27)33)10-13-8-9-28-24(13)34/h3,6-7,11,13-15,18,21-22,29,32H,2,4-5,8-10,12H2,1H3,(H2,27,33)(H,28,34)(H,30,35)/t13-,14-,15-,18-,21-,22?/m0/s1. The molecule has 1 aromatic heterocycles. The molecule has 6 atom stereocenters. The number of nitrogens with one attached hydrogen (secondary N) is 3. The van der Waals surface area contributed by atoms with E-state index in [0.717, 1.165) is 30.2 Å². The number of carbonyl (C=O) groups is 4. The van der Waals surface area contributed by atoms with Gasteiger partial charge < -0.3 is 36.1 Å². The number of aliphatic hydroxyl groups is 1. The zero-order chi connectivity index (χ0) is 26.3. The highest BCUT2D eigenvalue weighted by molar-refractivity contribution is 6.02. The number of amides is 4. The Bertz CT molecular complexity index is 1230. The number of aliphatic hydroxyl groups excluding tert-OH is 1. The quantitative estimate of drug-likeness (QED) is 0.341. The number of fused-ring (bicyclic) bond motifs is 2. The largest absolute Gasteiger partial charge is 0.496 e. The van der Waals surface area contributed by atoms with Crippen LogP contribution in [0.1, 0.15) is 42.6 Å². The highest BCUT2D eigenvalue weighted by atomic mass is 16.5. The van der Waals surface area contributed by atoms with E-state index in [1.54, 1.807) is 18.1 Å². The van der Waals surface area contributed by atoms with Crippen LogP contribution in [-0.2, 0) is 14.4 Å². The molecule has 1 aromatic carbocycles. The van der Waals surface area contributed by atoms with E-state index in [1.165, 1.54) is 0 Å². The molecule has 2 aliphatic heterocycles. The average Bonchev–Trinajstić information content (AvgIpc) is 3.66. The monoisotopic (exact) mass is 511 g/mol. The number of benzene rings is 1. The summed E-state index contributed by atoms with van der Waals surface area (Å²) in [5.74, 6) is -1.54. The van der Waals surface area contributed by atoms with Crippen LogP contribution in [0, 0.1) is 17.8 Å². The zero-order valence-corrected chi connectivity index (χ0v) is 20.7. The number of carbonyl (C=O) groups excluding carboxylic acids is 4. The molecular weight excluding hydrogens is 478 g/mol. The molecule has 11 heteroatoms. The van der Waals surface area contributed by atoms with Crippen molar-refractivity contribution in [2.24, 2.45) is 23.5 Å². The van der Waals surface area contributed by atoms with Crippen molar-refractivity contribution in [3.8, 4) is 5.75 Å². The Labute approximate surface area is 214 Å². The second kappa shape index (κ2) is 10.0. The first-order chi connectivity index (χ1) is 17.8. The summed E-state index contributed by atoms with van der Waals surface area (Å²) in [6, 6.07) is 5.44. The summed E-state index contributed by atoms with van der Waals surface area (Å²) in [5.41, 5.74) is 6.46. The van der Waals surface area contributed by atoms with Crippen molar-refractivity contribution in [2.75, 3.05) is 20.2 Å². The van der Waals surface area contributed by atoms with Gasteiger partial charge in [-0.2, -0.15) is 0 Å². The van der Waals surface area contributed by atoms with Gasteiger partial charge in [0.25, 0.3) is 5.91 Å². The van der Waals surface area contributed by atoms with E-state index >= 15 is 0 Å². The first-order valence-electron chi connectivity index (χ1n) is 12.8. The van der Waals surface area contributed by atoms with E-state index in [1.807, 2.05) is 18.2 Å². The maximum atomic E-state index is 13.7. The highest BCUT2D eigenvalue weighted by Gasteiger charge is 2.50. The number of H-pyrrole nitrogens is 1. The van der Waals surface area contributed by atoms with Gasteiger partial charge in [0.2, 0.25) is 17.7 Å². The van der Waals surface area contributed by atoms with Crippen LogP contribution in [0.15, 0.2) is 24.3 Å². The van der Waals surface area contributed by atoms with E-state index in [0.29, 0.717) is 31.0 Å². The number of primary amides is 1. The molecule has 1 unspecified atom stereocenters. The van der Waals surface area contributed by atoms with Crippen molar-refractivity contribution in [3.63, 3.8) is 0 Å². The fourth-order valence-corrected chi connectivity index (χ4v) is 6.34. The van der Waals surface area contributed by atoms with Crippen molar-refractivity contribution in [2.45, 2.75) is 50.3 Å². The summed E-state index contributed by atoms with van der Waals surface area (Å²) in [4.78, 5) is 56.1. The van der Waals surface area contributed by atoms with Crippen molar-refractivity contribution in [1.29, 1.82) is 0 Å². The summed E-state index contributed by atoms with van der Waals surface area (Å²) in [6.45, 7) is 0.947. The SMILES string of the molecule is COc1cccc2[nH]c(C(=O)N3C[C@@H]4CCC[C@@H]4[C@H]3C(=O)N[C@@H](C[C@@H]3CCNC3=O)C(O)C(N)=O)cc12. The molecule has 1 saturated carbocycles. The lowest BCUT2D eigenvalue weighted by atomic mass is 9.91. The zero-order valence-electron chi connectivity index (χ0n) is 20.7. The van der Waals surface area contributed by atoms with Crippen LogP contribution in [0.25, 0.3) is 10.9 Å². The predicted molar refractivity (Wildman–Crippen MR) is 133 cm³/mol. The van der Waals surface area contributed by atoms with Crippen molar-refractivity contribution in [3.05, 3.63) is 30.0 Å². The number of likely N-dealkylation sites (tertiary alicyclic amines) is 1. The van der Waals surface area contributed by atoms with Crippen LogP contribution >= 0.6 is 0 Å². The molecule has 3 fully saturated rings. The van der Waals surface area contributed by atoms with E-state index in [4.69, 9.17) is 10.5 Å². The highest BCUT2D eigenvalue weighted by Crippen LogP contribution is 2.43. The lowest BCUT2D eigenvalue weighted by Gasteiger charge is -2.30. The third kappa shape index (κ3) is 4.63. The number of methoxy groups -OCH3 is 1. The van der Waals surface area contributed by atoms with Crippen molar-refractivity contribution < 1.29 is 29.0 Å². The molecule has 0 bridgehead atoms. The minimum Gasteiger partial charge on any atom is -0.496 e. The number of nitrogens with two attached hydrogens (primary N) is 1. The minimum atomic E-state index is -1.65. The van der Waals surface area contributed by atoms with Gasteiger partial charge >= 0.3 is 0 Å².